The van der Waals surface area contributed by atoms with E-state index in [-0.39, 0.29) is 5.91 Å². The Morgan fingerprint density at radius 1 is 1.28 bits per heavy atom. The summed E-state index contributed by atoms with van der Waals surface area (Å²) >= 11 is 5.99. The molecule has 0 radical (unpaired) electrons. The molecule has 4 nitrogen and oxygen atoms in total. The number of aryl methyl sites for hydroxylation is 1. The molecule has 0 aliphatic carbocycles. The van der Waals surface area contributed by atoms with Crippen molar-refractivity contribution < 1.29 is 4.79 Å². The van der Waals surface area contributed by atoms with Gasteiger partial charge in [-0.25, -0.2) is 9.97 Å². The van der Waals surface area contributed by atoms with Gasteiger partial charge in [-0.05, 0) is 37.6 Å². The molecule has 2 aromatic rings. The van der Waals surface area contributed by atoms with Gasteiger partial charge in [0.15, 0.2) is 0 Å². The molecule has 1 amide bonds. The molecule has 2 rings (SSSR count). The van der Waals surface area contributed by atoms with Gasteiger partial charge in [0.2, 0.25) is 0 Å². The number of hydrogen-bond donors (Lipinski definition) is 1. The molecule has 0 fully saturated rings. The van der Waals surface area contributed by atoms with E-state index in [1.165, 1.54) is 0 Å². The predicted octanol–water partition coefficient (Wildman–Crippen LogP) is 3.00. The van der Waals surface area contributed by atoms with E-state index in [1.807, 2.05) is 6.92 Å². The van der Waals surface area contributed by atoms with Crippen LogP contribution in [0.15, 0.2) is 30.5 Å². The highest BCUT2D eigenvalue weighted by atomic mass is 35.5. The van der Waals surface area contributed by atoms with Crippen molar-refractivity contribution in [3.63, 3.8) is 0 Å². The molecule has 92 valence electrons. The van der Waals surface area contributed by atoms with E-state index in [0.717, 1.165) is 5.56 Å². The maximum Gasteiger partial charge on any atom is 0.274 e. The summed E-state index contributed by atoms with van der Waals surface area (Å²) < 4.78 is 0. The molecule has 0 spiro atoms. The Hall–Kier alpha value is -1.94. The van der Waals surface area contributed by atoms with Crippen LogP contribution in [0.5, 0.6) is 0 Å². The van der Waals surface area contributed by atoms with Crippen molar-refractivity contribution >= 4 is 23.2 Å². The summed E-state index contributed by atoms with van der Waals surface area (Å²) in [5.41, 5.74) is 1.85. The van der Waals surface area contributed by atoms with Gasteiger partial charge >= 0.3 is 0 Å². The van der Waals surface area contributed by atoms with E-state index in [2.05, 4.69) is 15.3 Å². The Balaban J connectivity index is 2.24. The van der Waals surface area contributed by atoms with Gasteiger partial charge in [-0.15, -0.1) is 0 Å². The Labute approximate surface area is 110 Å². The van der Waals surface area contributed by atoms with E-state index in [9.17, 15) is 4.79 Å². The lowest BCUT2D eigenvalue weighted by Crippen LogP contribution is -2.15. The third kappa shape index (κ3) is 2.65. The van der Waals surface area contributed by atoms with Gasteiger partial charge in [-0.2, -0.15) is 0 Å². The highest BCUT2D eigenvalue weighted by Crippen LogP contribution is 2.23. The van der Waals surface area contributed by atoms with Crippen LogP contribution in [0.2, 0.25) is 5.02 Å². The van der Waals surface area contributed by atoms with Crippen molar-refractivity contribution in [2.24, 2.45) is 0 Å². The standard InChI is InChI=1S/C13H12ClN3O/c1-8-10(14)4-3-5-11(8)17-13(18)12-6-7-15-9(2)16-12/h3-7H,1-2H3,(H,17,18). The molecule has 18 heavy (non-hydrogen) atoms. The number of carbonyl (C=O) groups excluding carboxylic acids is 1. The molecule has 0 saturated carbocycles. The Morgan fingerprint density at radius 3 is 2.78 bits per heavy atom. The second-order valence-electron chi connectivity index (χ2n) is 3.86. The van der Waals surface area contributed by atoms with E-state index in [1.54, 1.807) is 37.4 Å². The topological polar surface area (TPSA) is 54.9 Å². The highest BCUT2D eigenvalue weighted by Gasteiger charge is 2.10. The number of hydrogen-bond acceptors (Lipinski definition) is 3. The van der Waals surface area contributed by atoms with Gasteiger partial charge in [0, 0.05) is 16.9 Å². The van der Waals surface area contributed by atoms with E-state index < -0.39 is 0 Å². The Kier molecular flexibility index (Phi) is 3.58. The molecular formula is C13H12ClN3O. The van der Waals surface area contributed by atoms with Crippen LogP contribution in [0.25, 0.3) is 0 Å². The zero-order valence-corrected chi connectivity index (χ0v) is 10.8. The summed E-state index contributed by atoms with van der Waals surface area (Å²) in [6.07, 6.45) is 1.56. The molecule has 0 saturated heterocycles. The molecular weight excluding hydrogens is 250 g/mol. The normalized spacial score (nSPS) is 10.2. The molecule has 5 heteroatoms. The van der Waals surface area contributed by atoms with E-state index >= 15 is 0 Å². The van der Waals surface area contributed by atoms with Crippen molar-refractivity contribution in [2.45, 2.75) is 13.8 Å². The molecule has 0 bridgehead atoms. The second kappa shape index (κ2) is 5.14. The van der Waals surface area contributed by atoms with Crippen LogP contribution in [0.4, 0.5) is 5.69 Å². The average molecular weight is 262 g/mol. The van der Waals surface area contributed by atoms with Crippen molar-refractivity contribution in [3.05, 3.63) is 52.6 Å². The Bertz CT molecular complexity index is 599. The minimum Gasteiger partial charge on any atom is -0.320 e. The van der Waals surface area contributed by atoms with Crippen LogP contribution < -0.4 is 5.32 Å². The first-order valence-electron chi connectivity index (χ1n) is 5.44. The summed E-state index contributed by atoms with van der Waals surface area (Å²) in [5, 5.41) is 3.40. The summed E-state index contributed by atoms with van der Waals surface area (Å²) in [6, 6.07) is 6.94. The molecule has 0 aliphatic heterocycles. The van der Waals surface area contributed by atoms with Crippen LogP contribution in [0, 0.1) is 13.8 Å². The molecule has 1 heterocycles. The van der Waals surface area contributed by atoms with Crippen molar-refractivity contribution in [1.82, 2.24) is 9.97 Å². The smallest absolute Gasteiger partial charge is 0.274 e. The minimum atomic E-state index is -0.272. The number of rotatable bonds is 2. The fraction of sp³-hybridized carbons (Fsp3) is 0.154. The number of halogens is 1. The zero-order valence-electron chi connectivity index (χ0n) is 10.1. The second-order valence-corrected chi connectivity index (χ2v) is 4.26. The summed E-state index contributed by atoms with van der Waals surface area (Å²) in [7, 11) is 0. The van der Waals surface area contributed by atoms with Crippen molar-refractivity contribution in [3.8, 4) is 0 Å². The summed E-state index contributed by atoms with van der Waals surface area (Å²) in [4.78, 5) is 20.0. The lowest BCUT2D eigenvalue weighted by Gasteiger charge is -2.09. The maximum atomic E-state index is 12.0. The maximum absolute atomic E-state index is 12.0. The zero-order chi connectivity index (χ0) is 13.1. The largest absolute Gasteiger partial charge is 0.320 e. The van der Waals surface area contributed by atoms with Crippen LogP contribution in [-0.2, 0) is 0 Å². The third-order valence-electron chi connectivity index (χ3n) is 2.52. The van der Waals surface area contributed by atoms with Gasteiger partial charge in [0.1, 0.15) is 11.5 Å². The van der Waals surface area contributed by atoms with E-state index in [4.69, 9.17) is 11.6 Å². The number of anilines is 1. The van der Waals surface area contributed by atoms with Crippen LogP contribution in [0.1, 0.15) is 21.9 Å². The molecule has 0 atom stereocenters. The minimum absolute atomic E-state index is 0.272. The van der Waals surface area contributed by atoms with Gasteiger partial charge in [-0.1, -0.05) is 17.7 Å². The van der Waals surface area contributed by atoms with Gasteiger partial charge in [0.25, 0.3) is 5.91 Å². The SMILES string of the molecule is Cc1nccc(C(=O)Nc2cccc(Cl)c2C)n1. The molecule has 1 aromatic heterocycles. The third-order valence-corrected chi connectivity index (χ3v) is 2.93. The summed E-state index contributed by atoms with van der Waals surface area (Å²) in [6.45, 7) is 3.59. The van der Waals surface area contributed by atoms with Crippen LogP contribution in [0.3, 0.4) is 0 Å². The lowest BCUT2D eigenvalue weighted by molar-refractivity contribution is 0.102. The predicted molar refractivity (Wildman–Crippen MR) is 70.9 cm³/mol. The number of aromatic nitrogens is 2. The number of amides is 1. The van der Waals surface area contributed by atoms with E-state index in [0.29, 0.717) is 22.2 Å². The first kappa shape index (κ1) is 12.5. The van der Waals surface area contributed by atoms with Gasteiger partial charge in [0.05, 0.1) is 0 Å². The van der Waals surface area contributed by atoms with Crippen molar-refractivity contribution in [1.29, 1.82) is 0 Å². The highest BCUT2D eigenvalue weighted by molar-refractivity contribution is 6.31. The molecule has 1 aromatic carbocycles. The fourth-order valence-corrected chi connectivity index (χ4v) is 1.69. The molecule has 0 aliphatic rings. The van der Waals surface area contributed by atoms with Gasteiger partial charge in [-0.3, -0.25) is 4.79 Å². The summed E-state index contributed by atoms with van der Waals surface area (Å²) in [5.74, 6) is 0.288. The number of benzene rings is 1. The average Bonchev–Trinajstić information content (AvgIpc) is 2.35. The molecule has 0 unspecified atom stereocenters. The number of nitrogens with zero attached hydrogens (tertiary/aromatic N) is 2. The van der Waals surface area contributed by atoms with Crippen LogP contribution in [-0.4, -0.2) is 15.9 Å². The number of nitrogens with one attached hydrogen (secondary N) is 1. The Morgan fingerprint density at radius 2 is 2.06 bits per heavy atom. The lowest BCUT2D eigenvalue weighted by atomic mass is 10.2. The van der Waals surface area contributed by atoms with Gasteiger partial charge < -0.3 is 5.32 Å². The first-order chi connectivity index (χ1) is 8.58. The number of carbonyl (C=O) groups is 1. The van der Waals surface area contributed by atoms with Crippen LogP contribution >= 0.6 is 11.6 Å². The monoisotopic (exact) mass is 261 g/mol. The van der Waals surface area contributed by atoms with Crippen molar-refractivity contribution in [2.75, 3.05) is 5.32 Å². The molecule has 1 N–H and O–H groups in total. The fourth-order valence-electron chi connectivity index (χ4n) is 1.51. The first-order valence-corrected chi connectivity index (χ1v) is 5.82. The quantitative estimate of drug-likeness (QED) is 0.904.